The van der Waals surface area contributed by atoms with Crippen LogP contribution in [0.15, 0.2) is 36.5 Å². The van der Waals surface area contributed by atoms with Crippen LogP contribution in [-0.4, -0.2) is 60.3 Å². The van der Waals surface area contributed by atoms with Gasteiger partial charge in [-0.15, -0.1) is 11.3 Å². The van der Waals surface area contributed by atoms with Crippen molar-refractivity contribution in [3.63, 3.8) is 0 Å². The second-order valence-corrected chi connectivity index (χ2v) is 12.4. The monoisotopic (exact) mass is 646 g/mol. The number of benzene rings is 2. The number of likely N-dealkylation sites (tertiary alicyclic amines) is 1. The van der Waals surface area contributed by atoms with E-state index in [-0.39, 0.29) is 46.1 Å². The fraction of sp³-hybridized carbons (Fsp3) is 0.312. The molecule has 2 aromatic carbocycles. The van der Waals surface area contributed by atoms with Crippen molar-refractivity contribution in [3.05, 3.63) is 58.5 Å². The van der Waals surface area contributed by atoms with Gasteiger partial charge in [-0.3, -0.25) is 0 Å². The molecule has 1 atom stereocenters. The van der Waals surface area contributed by atoms with E-state index in [4.69, 9.17) is 32.5 Å². The molecule has 1 saturated heterocycles. The molecular weight excluding hydrogens is 615 g/mol. The molecule has 0 saturated carbocycles. The minimum absolute atomic E-state index is 0.0235. The van der Waals surface area contributed by atoms with Crippen molar-refractivity contribution in [2.45, 2.75) is 25.8 Å². The number of fused-ring (bicyclic) bond motifs is 1. The fourth-order valence-corrected chi connectivity index (χ4v) is 7.23. The Morgan fingerprint density at radius 2 is 1.91 bits per heavy atom. The lowest BCUT2D eigenvalue weighted by Gasteiger charge is -2.30. The first-order chi connectivity index (χ1) is 21.7. The number of halogens is 2. The molecule has 1 unspecified atom stereocenters. The number of nitriles is 1. The van der Waals surface area contributed by atoms with Gasteiger partial charge in [0, 0.05) is 27.4 Å². The quantitative estimate of drug-likeness (QED) is 0.225. The van der Waals surface area contributed by atoms with Gasteiger partial charge in [0.2, 0.25) is 0 Å². The van der Waals surface area contributed by atoms with Crippen LogP contribution in [0.4, 0.5) is 21.0 Å². The number of nitrogens with zero attached hydrogens (tertiary/aromatic N) is 6. The van der Waals surface area contributed by atoms with Crippen LogP contribution in [0.25, 0.3) is 32.1 Å². The lowest BCUT2D eigenvalue weighted by molar-refractivity contribution is 0.328. The minimum atomic E-state index is -0.694. The topological polar surface area (TPSA) is 139 Å². The first kappa shape index (κ1) is 30.6. The van der Waals surface area contributed by atoms with Gasteiger partial charge < -0.3 is 30.7 Å². The fourth-order valence-electron chi connectivity index (χ4n) is 5.95. The van der Waals surface area contributed by atoms with Crippen molar-refractivity contribution < 1.29 is 13.9 Å². The lowest BCUT2D eigenvalue weighted by Crippen LogP contribution is -2.31. The number of methoxy groups -OCH3 is 1. The molecule has 232 valence electrons. The third kappa shape index (κ3) is 5.41. The molecule has 45 heavy (non-hydrogen) atoms. The Hall–Kier alpha value is -4.44. The lowest BCUT2D eigenvalue weighted by atomic mass is 9.96. The van der Waals surface area contributed by atoms with Crippen molar-refractivity contribution >= 4 is 60.6 Å². The smallest absolute Gasteiger partial charge is 0.318 e. The summed E-state index contributed by atoms with van der Waals surface area (Å²) in [5, 5.41) is 11.0. The molecule has 1 fully saturated rings. The number of nitrogens with two attached hydrogens (primary N) is 2. The Balaban J connectivity index is 0.000000535. The van der Waals surface area contributed by atoms with Crippen LogP contribution in [0, 0.1) is 17.1 Å². The van der Waals surface area contributed by atoms with Crippen LogP contribution in [0.2, 0.25) is 5.02 Å². The maximum atomic E-state index is 16.6. The van der Waals surface area contributed by atoms with E-state index in [1.807, 2.05) is 24.0 Å². The van der Waals surface area contributed by atoms with E-state index >= 15 is 4.39 Å². The maximum Gasteiger partial charge on any atom is 0.318 e. The molecule has 4 N–H and O–H groups in total. The third-order valence-corrected chi connectivity index (χ3v) is 9.56. The van der Waals surface area contributed by atoms with E-state index in [0.717, 1.165) is 10.3 Å². The van der Waals surface area contributed by atoms with Gasteiger partial charge in [0.05, 0.1) is 35.7 Å². The normalized spacial score (nSPS) is 15.2. The van der Waals surface area contributed by atoms with Crippen LogP contribution >= 0.6 is 22.9 Å². The van der Waals surface area contributed by atoms with E-state index in [1.165, 1.54) is 44.4 Å². The Morgan fingerprint density at radius 3 is 2.58 bits per heavy atom. The van der Waals surface area contributed by atoms with Crippen molar-refractivity contribution in [3.8, 4) is 29.0 Å². The molecule has 0 amide bonds. The highest BCUT2D eigenvalue weighted by atomic mass is 35.5. The zero-order chi connectivity index (χ0) is 31.8. The van der Waals surface area contributed by atoms with Gasteiger partial charge in [0.1, 0.15) is 34.8 Å². The first-order valence-corrected chi connectivity index (χ1v) is 15.7. The van der Waals surface area contributed by atoms with Crippen LogP contribution < -0.4 is 25.8 Å². The van der Waals surface area contributed by atoms with Gasteiger partial charge >= 0.3 is 6.01 Å². The van der Waals surface area contributed by atoms with Gasteiger partial charge in [-0.1, -0.05) is 29.8 Å². The molecule has 5 heterocycles. The number of hydrogen-bond acceptors (Lipinski definition) is 11. The summed E-state index contributed by atoms with van der Waals surface area (Å²) < 4.78 is 28.9. The number of anilines is 3. The molecule has 2 aliphatic heterocycles. The molecule has 0 aliphatic carbocycles. The SMILES string of the molecule is CN1CCCC1.COc1nc2c3c(c(Cl)c(-c4cccc5sc(N)c(C#N)c45)c(F)c3n1)OCCN2C(C)c1cccnc1N. The first-order valence-electron chi connectivity index (χ1n) is 14.5. The highest BCUT2D eigenvalue weighted by molar-refractivity contribution is 7.23. The molecule has 0 radical (unpaired) electrons. The van der Waals surface area contributed by atoms with E-state index in [2.05, 4.69) is 33.0 Å². The van der Waals surface area contributed by atoms with Gasteiger partial charge in [0.15, 0.2) is 11.6 Å². The van der Waals surface area contributed by atoms with Crippen molar-refractivity contribution in [2.75, 3.05) is 56.8 Å². The number of aromatic nitrogens is 3. The molecule has 0 spiro atoms. The number of thiophene rings is 1. The van der Waals surface area contributed by atoms with Gasteiger partial charge in [-0.2, -0.15) is 15.2 Å². The molecule has 13 heteroatoms. The summed E-state index contributed by atoms with van der Waals surface area (Å²) in [6.45, 7) is 5.21. The average molecular weight is 647 g/mol. The van der Waals surface area contributed by atoms with Crippen LogP contribution in [-0.2, 0) is 0 Å². The molecule has 7 rings (SSSR count). The average Bonchev–Trinajstić information content (AvgIpc) is 3.60. The molecule has 0 bridgehead atoms. The molecule has 10 nitrogen and oxygen atoms in total. The summed E-state index contributed by atoms with van der Waals surface area (Å²) in [5.41, 5.74) is 13.8. The van der Waals surface area contributed by atoms with Crippen molar-refractivity contribution in [2.24, 2.45) is 0 Å². The predicted octanol–water partition coefficient (Wildman–Crippen LogP) is 6.42. The van der Waals surface area contributed by atoms with Gasteiger partial charge in [0.25, 0.3) is 0 Å². The number of hydrogen-bond donors (Lipinski definition) is 2. The summed E-state index contributed by atoms with van der Waals surface area (Å²) >= 11 is 8.19. The summed E-state index contributed by atoms with van der Waals surface area (Å²) in [4.78, 5) is 17.5. The summed E-state index contributed by atoms with van der Waals surface area (Å²) in [7, 11) is 3.59. The van der Waals surface area contributed by atoms with E-state index in [9.17, 15) is 5.26 Å². The van der Waals surface area contributed by atoms with Gasteiger partial charge in [-0.25, -0.2) is 9.37 Å². The third-order valence-electron chi connectivity index (χ3n) is 8.22. The summed E-state index contributed by atoms with van der Waals surface area (Å²) in [6.07, 6.45) is 4.45. The number of ether oxygens (including phenoxy) is 2. The van der Waals surface area contributed by atoms with Crippen molar-refractivity contribution in [1.82, 2.24) is 19.9 Å². The van der Waals surface area contributed by atoms with E-state index < -0.39 is 5.82 Å². The standard InChI is InChI=1S/C27H21ClFN7O2S.C5H11N/c1-12(13-6-4-8-33-24(13)31)36-9-10-38-23-19-22(34-27(37-2)35-26(19)36)21(29)18(20(23)28)14-5-3-7-16-17(14)15(11-30)25(32)39-16;1-6-4-2-3-5-6/h3-8,12H,9-10,32H2,1-2H3,(H2,31,33);2-5H2,1H3. The van der Waals surface area contributed by atoms with Crippen LogP contribution in [0.1, 0.15) is 36.9 Å². The van der Waals surface area contributed by atoms with E-state index in [1.54, 1.807) is 24.4 Å². The molecule has 2 aliphatic rings. The van der Waals surface area contributed by atoms with Crippen LogP contribution in [0.5, 0.6) is 11.8 Å². The number of nitrogen functional groups attached to an aromatic ring is 2. The highest BCUT2D eigenvalue weighted by Crippen LogP contribution is 2.51. The second kappa shape index (κ2) is 12.5. The Kier molecular flexibility index (Phi) is 8.50. The zero-order valence-corrected chi connectivity index (χ0v) is 26.7. The number of rotatable bonds is 4. The van der Waals surface area contributed by atoms with Crippen LogP contribution in [0.3, 0.4) is 0 Å². The summed E-state index contributed by atoms with van der Waals surface area (Å²) in [6, 6.07) is 10.8. The largest absolute Gasteiger partial charge is 0.489 e. The predicted molar refractivity (Wildman–Crippen MR) is 178 cm³/mol. The highest BCUT2D eigenvalue weighted by Gasteiger charge is 2.33. The second-order valence-electron chi connectivity index (χ2n) is 10.9. The van der Waals surface area contributed by atoms with Gasteiger partial charge in [-0.05, 0) is 57.6 Å². The molecular formula is C32H32ClFN8O2S. The summed E-state index contributed by atoms with van der Waals surface area (Å²) in [5.74, 6) is 0.320. The Bertz CT molecular complexity index is 1960. The van der Waals surface area contributed by atoms with E-state index in [0.29, 0.717) is 39.5 Å². The zero-order valence-electron chi connectivity index (χ0n) is 25.1. The molecule has 3 aromatic heterocycles. The maximum absolute atomic E-state index is 16.6. The minimum Gasteiger partial charge on any atom is -0.489 e. The Morgan fingerprint density at radius 1 is 1.13 bits per heavy atom. The van der Waals surface area contributed by atoms with Crippen molar-refractivity contribution in [1.29, 1.82) is 5.26 Å². The molecule has 5 aromatic rings. The Labute approximate surface area is 269 Å². The number of pyridine rings is 1.